The monoisotopic (exact) mass is 583 g/mol. The summed E-state index contributed by atoms with van der Waals surface area (Å²) in [5.41, 5.74) is 1.57. The second-order valence-corrected chi connectivity index (χ2v) is 10.2. The first-order valence-electron chi connectivity index (χ1n) is 14.3. The number of aromatic nitrogens is 6. The lowest BCUT2D eigenvalue weighted by Crippen LogP contribution is -2.32. The number of hydrogen-bond acceptors (Lipinski definition) is 6. The van der Waals surface area contributed by atoms with Crippen molar-refractivity contribution in [2.24, 2.45) is 34.6 Å². The fourth-order valence-electron chi connectivity index (χ4n) is 4.69. The van der Waals surface area contributed by atoms with Gasteiger partial charge in [0, 0.05) is 23.1 Å². The SMILES string of the molecule is COc1ccc(N=Nc2n(CCCn3cc[n+](CCCn4cc[n+](C)c4N=Nc4ccc(OC)cc4)c3)cc[n+]2C)cc1. The molecular formula is C31H39N10O2+3. The molecule has 0 unspecified atom stereocenters. The maximum Gasteiger partial charge on any atom is 0.421 e. The summed E-state index contributed by atoms with van der Waals surface area (Å²) in [4.78, 5) is 0. The molecule has 5 aromatic rings. The molecule has 0 spiro atoms. The molecule has 0 aliphatic rings. The molecule has 222 valence electrons. The highest BCUT2D eigenvalue weighted by molar-refractivity contribution is 5.41. The second-order valence-electron chi connectivity index (χ2n) is 10.2. The van der Waals surface area contributed by atoms with Crippen LogP contribution in [-0.4, -0.2) is 27.9 Å². The van der Waals surface area contributed by atoms with Crippen LogP contribution in [0.4, 0.5) is 23.3 Å². The third-order valence-electron chi connectivity index (χ3n) is 7.12. The zero-order chi connectivity index (χ0) is 30.0. The summed E-state index contributed by atoms with van der Waals surface area (Å²) in [6.45, 7) is 3.50. The molecule has 0 radical (unpaired) electrons. The molecular weight excluding hydrogens is 544 g/mol. The van der Waals surface area contributed by atoms with Crippen LogP contribution in [0.15, 0.2) is 112 Å². The number of aryl methyl sites for hydroxylation is 6. The van der Waals surface area contributed by atoms with Crippen molar-refractivity contribution in [3.05, 3.63) is 92.0 Å². The number of imidazole rings is 3. The van der Waals surface area contributed by atoms with E-state index in [0.29, 0.717) is 0 Å². The van der Waals surface area contributed by atoms with Gasteiger partial charge in [-0.25, -0.2) is 27.4 Å². The van der Waals surface area contributed by atoms with Gasteiger partial charge in [0.15, 0.2) is 0 Å². The van der Waals surface area contributed by atoms with Crippen LogP contribution < -0.4 is 23.2 Å². The summed E-state index contributed by atoms with van der Waals surface area (Å²) in [5.74, 6) is 3.21. The van der Waals surface area contributed by atoms with Crippen molar-refractivity contribution in [3.8, 4) is 11.5 Å². The quantitative estimate of drug-likeness (QED) is 0.135. The van der Waals surface area contributed by atoms with E-state index in [1.165, 1.54) is 0 Å². The lowest BCUT2D eigenvalue weighted by atomic mass is 10.3. The Morgan fingerprint density at radius 2 is 1.12 bits per heavy atom. The summed E-state index contributed by atoms with van der Waals surface area (Å²) in [5, 5.41) is 17.8. The molecule has 0 saturated heterocycles. The maximum atomic E-state index is 5.21. The first kappa shape index (κ1) is 29.4. The Labute approximate surface area is 251 Å². The fraction of sp³-hybridized carbons (Fsp3) is 0.323. The van der Waals surface area contributed by atoms with Crippen LogP contribution in [0.2, 0.25) is 0 Å². The zero-order valence-corrected chi connectivity index (χ0v) is 25.2. The van der Waals surface area contributed by atoms with Gasteiger partial charge in [0.05, 0.1) is 79.3 Å². The minimum atomic E-state index is 0.783. The summed E-state index contributed by atoms with van der Waals surface area (Å²) < 4.78 is 23.1. The molecule has 0 saturated carbocycles. The first-order valence-corrected chi connectivity index (χ1v) is 14.3. The molecule has 43 heavy (non-hydrogen) atoms. The second kappa shape index (κ2) is 14.2. The average molecular weight is 584 g/mol. The van der Waals surface area contributed by atoms with E-state index in [-0.39, 0.29) is 0 Å². The largest absolute Gasteiger partial charge is 0.497 e. The highest BCUT2D eigenvalue weighted by Gasteiger charge is 2.16. The van der Waals surface area contributed by atoms with Gasteiger partial charge in [0.1, 0.15) is 35.3 Å². The van der Waals surface area contributed by atoms with Crippen molar-refractivity contribution >= 4 is 23.3 Å². The third kappa shape index (κ3) is 7.79. The predicted octanol–water partition coefficient (Wildman–Crippen LogP) is 5.06. The summed E-state index contributed by atoms with van der Waals surface area (Å²) >= 11 is 0. The number of benzene rings is 2. The van der Waals surface area contributed by atoms with Crippen molar-refractivity contribution in [2.45, 2.75) is 39.0 Å². The van der Waals surface area contributed by atoms with E-state index < -0.39 is 0 Å². The molecule has 0 aliphatic heterocycles. The number of hydrogen-bond donors (Lipinski definition) is 0. The minimum absolute atomic E-state index is 0.783. The molecule has 0 bridgehead atoms. The minimum Gasteiger partial charge on any atom is -0.497 e. The van der Waals surface area contributed by atoms with Crippen LogP contribution in [0.5, 0.6) is 11.5 Å². The molecule has 12 heteroatoms. The van der Waals surface area contributed by atoms with E-state index in [1.54, 1.807) is 14.2 Å². The Bertz CT molecular complexity index is 1540. The highest BCUT2D eigenvalue weighted by atomic mass is 16.5. The summed E-state index contributed by atoms with van der Waals surface area (Å²) in [7, 11) is 7.26. The molecule has 12 nitrogen and oxygen atoms in total. The number of nitrogens with zero attached hydrogens (tertiary/aromatic N) is 10. The normalized spacial score (nSPS) is 11.6. The molecule has 5 rings (SSSR count). The van der Waals surface area contributed by atoms with Crippen molar-refractivity contribution in [2.75, 3.05) is 14.2 Å². The smallest absolute Gasteiger partial charge is 0.421 e. The standard InChI is InChI=1S/C31H39N10O2/c1-36-19-23-40(30(36)34-32-26-7-11-28(42-3)12-8-26)17-5-15-38-21-22-39(25-38)16-6-18-41-24-20-37(2)31(41)35-33-27-9-13-29(43-4)14-10-27/h7-14,19-25H,5-6,15-18H2,1-4H3/q+3. The Balaban J connectivity index is 1.10. The topological polar surface area (TPSA) is 94.3 Å². The van der Waals surface area contributed by atoms with E-state index in [0.717, 1.165) is 73.8 Å². The molecule has 3 heterocycles. The van der Waals surface area contributed by atoms with Crippen molar-refractivity contribution in [3.63, 3.8) is 0 Å². The van der Waals surface area contributed by atoms with Crippen molar-refractivity contribution in [1.82, 2.24) is 13.7 Å². The maximum absolute atomic E-state index is 5.21. The molecule has 2 aromatic carbocycles. The molecule has 0 N–H and O–H groups in total. The van der Waals surface area contributed by atoms with Gasteiger partial charge in [-0.3, -0.25) is 0 Å². The van der Waals surface area contributed by atoms with Gasteiger partial charge in [0.2, 0.25) is 6.33 Å². The van der Waals surface area contributed by atoms with E-state index in [4.69, 9.17) is 9.47 Å². The average Bonchev–Trinajstić information content (AvgIpc) is 3.74. The third-order valence-corrected chi connectivity index (χ3v) is 7.12. The van der Waals surface area contributed by atoms with Gasteiger partial charge in [-0.15, -0.1) is 0 Å². The fourth-order valence-corrected chi connectivity index (χ4v) is 4.69. The van der Waals surface area contributed by atoms with Crippen LogP contribution in [0.25, 0.3) is 0 Å². The molecule has 0 aliphatic carbocycles. The van der Waals surface area contributed by atoms with E-state index in [2.05, 4.69) is 57.4 Å². The number of methoxy groups -OCH3 is 2. The Hall–Kier alpha value is -5.13. The molecule has 0 atom stereocenters. The Kier molecular flexibility index (Phi) is 9.67. The van der Waals surface area contributed by atoms with Crippen LogP contribution in [0, 0.1) is 0 Å². The van der Waals surface area contributed by atoms with Gasteiger partial charge >= 0.3 is 11.9 Å². The van der Waals surface area contributed by atoms with Gasteiger partial charge in [0.25, 0.3) is 0 Å². The lowest BCUT2D eigenvalue weighted by molar-refractivity contribution is -0.697. The van der Waals surface area contributed by atoms with Gasteiger partial charge in [-0.05, 0) is 48.5 Å². The van der Waals surface area contributed by atoms with Crippen LogP contribution >= 0.6 is 0 Å². The van der Waals surface area contributed by atoms with E-state index in [9.17, 15) is 0 Å². The Morgan fingerprint density at radius 1 is 0.605 bits per heavy atom. The number of ether oxygens (including phenoxy) is 2. The summed E-state index contributed by atoms with van der Waals surface area (Å²) in [6, 6.07) is 15.1. The first-order chi connectivity index (χ1) is 21.0. The summed E-state index contributed by atoms with van der Waals surface area (Å²) in [6.07, 6.45) is 16.5. The van der Waals surface area contributed by atoms with Crippen LogP contribution in [0.1, 0.15) is 12.8 Å². The molecule has 0 amide bonds. The zero-order valence-electron chi connectivity index (χ0n) is 25.2. The number of rotatable bonds is 14. The van der Waals surface area contributed by atoms with Crippen LogP contribution in [-0.2, 0) is 40.3 Å². The molecule has 0 fully saturated rings. The van der Waals surface area contributed by atoms with Crippen molar-refractivity contribution in [1.29, 1.82) is 0 Å². The van der Waals surface area contributed by atoms with Gasteiger partial charge in [-0.1, -0.05) is 10.2 Å². The number of azo groups is 2. The molecule has 3 aromatic heterocycles. The van der Waals surface area contributed by atoms with E-state index >= 15 is 0 Å². The van der Waals surface area contributed by atoms with Crippen molar-refractivity contribution < 1.29 is 23.2 Å². The van der Waals surface area contributed by atoms with Gasteiger partial charge in [-0.2, -0.15) is 0 Å². The predicted molar refractivity (Wildman–Crippen MR) is 159 cm³/mol. The Morgan fingerprint density at radius 3 is 1.63 bits per heavy atom. The van der Waals surface area contributed by atoms with Gasteiger partial charge < -0.3 is 9.47 Å². The lowest BCUT2D eigenvalue weighted by Gasteiger charge is -2.00. The van der Waals surface area contributed by atoms with Crippen LogP contribution in [0.3, 0.4) is 0 Å². The van der Waals surface area contributed by atoms with E-state index in [1.807, 2.05) is 96.5 Å². The highest BCUT2D eigenvalue weighted by Crippen LogP contribution is 2.21.